The second kappa shape index (κ2) is 10.8. The van der Waals surface area contributed by atoms with E-state index in [9.17, 15) is 14.0 Å². The molecular formula is C22H26ClFN2O3. The van der Waals surface area contributed by atoms with Crippen molar-refractivity contribution < 1.29 is 18.7 Å². The van der Waals surface area contributed by atoms with Crippen LogP contribution in [0.15, 0.2) is 48.5 Å². The van der Waals surface area contributed by atoms with Crippen LogP contribution in [0.3, 0.4) is 0 Å². The molecule has 0 heterocycles. The van der Waals surface area contributed by atoms with Crippen molar-refractivity contribution in [2.75, 3.05) is 6.61 Å². The molecular weight excluding hydrogens is 395 g/mol. The lowest BCUT2D eigenvalue weighted by molar-refractivity contribution is -0.143. The Kier molecular flexibility index (Phi) is 8.46. The SMILES string of the molecule is CCC(C(=O)NC(C)C)N(Cc1ccccc1Cl)C(=O)COc1ccccc1F. The van der Waals surface area contributed by atoms with Crippen LogP contribution in [0.4, 0.5) is 4.39 Å². The topological polar surface area (TPSA) is 58.6 Å². The first-order chi connectivity index (χ1) is 13.8. The number of para-hydroxylation sites is 1. The fraction of sp³-hybridized carbons (Fsp3) is 0.364. The molecule has 2 amide bonds. The van der Waals surface area contributed by atoms with E-state index in [1.165, 1.54) is 23.1 Å². The molecule has 0 aliphatic carbocycles. The molecule has 29 heavy (non-hydrogen) atoms. The second-order valence-electron chi connectivity index (χ2n) is 6.92. The number of rotatable bonds is 9. The van der Waals surface area contributed by atoms with E-state index in [-0.39, 0.29) is 24.2 Å². The van der Waals surface area contributed by atoms with Gasteiger partial charge < -0.3 is 15.0 Å². The lowest BCUT2D eigenvalue weighted by Crippen LogP contribution is -2.51. The van der Waals surface area contributed by atoms with Crippen molar-refractivity contribution >= 4 is 23.4 Å². The summed E-state index contributed by atoms with van der Waals surface area (Å²) in [4.78, 5) is 27.1. The first-order valence-corrected chi connectivity index (χ1v) is 9.91. The predicted molar refractivity (Wildman–Crippen MR) is 111 cm³/mol. The van der Waals surface area contributed by atoms with Crippen molar-refractivity contribution in [1.82, 2.24) is 10.2 Å². The molecule has 0 aromatic heterocycles. The van der Waals surface area contributed by atoms with Gasteiger partial charge in [0.05, 0.1) is 0 Å². The highest BCUT2D eigenvalue weighted by atomic mass is 35.5. The minimum absolute atomic E-state index is 0.0155. The Morgan fingerprint density at radius 2 is 1.79 bits per heavy atom. The molecule has 0 fully saturated rings. The Morgan fingerprint density at radius 1 is 1.14 bits per heavy atom. The number of hydrogen-bond acceptors (Lipinski definition) is 3. The zero-order valence-electron chi connectivity index (χ0n) is 16.8. The van der Waals surface area contributed by atoms with E-state index in [0.29, 0.717) is 17.0 Å². The van der Waals surface area contributed by atoms with Gasteiger partial charge in [-0.05, 0) is 44.0 Å². The Balaban J connectivity index is 2.24. The number of carbonyl (C=O) groups is 2. The van der Waals surface area contributed by atoms with Crippen LogP contribution in [0.5, 0.6) is 5.75 Å². The fourth-order valence-corrected chi connectivity index (χ4v) is 3.09. The van der Waals surface area contributed by atoms with Gasteiger partial charge >= 0.3 is 0 Å². The zero-order chi connectivity index (χ0) is 21.4. The fourth-order valence-electron chi connectivity index (χ4n) is 2.89. The monoisotopic (exact) mass is 420 g/mol. The molecule has 0 bridgehead atoms. The van der Waals surface area contributed by atoms with E-state index in [4.69, 9.17) is 16.3 Å². The van der Waals surface area contributed by atoms with Crippen LogP contribution < -0.4 is 10.1 Å². The van der Waals surface area contributed by atoms with Crippen LogP contribution >= 0.6 is 11.6 Å². The summed E-state index contributed by atoms with van der Waals surface area (Å²) >= 11 is 6.26. The lowest BCUT2D eigenvalue weighted by atomic mass is 10.1. The van der Waals surface area contributed by atoms with Crippen molar-refractivity contribution in [3.63, 3.8) is 0 Å². The Morgan fingerprint density at radius 3 is 2.41 bits per heavy atom. The van der Waals surface area contributed by atoms with Gasteiger partial charge in [-0.2, -0.15) is 0 Å². The molecule has 0 saturated carbocycles. The second-order valence-corrected chi connectivity index (χ2v) is 7.33. The third-order valence-electron chi connectivity index (χ3n) is 4.30. The number of hydrogen-bond donors (Lipinski definition) is 1. The standard InChI is InChI=1S/C22H26ClFN2O3/c1-4-19(22(28)25-15(2)3)26(13-16-9-5-6-10-17(16)23)21(27)14-29-20-12-8-7-11-18(20)24/h5-12,15,19H,4,13-14H2,1-3H3,(H,25,28). The molecule has 1 N–H and O–H groups in total. The third kappa shape index (κ3) is 6.46. The van der Waals surface area contributed by atoms with Gasteiger partial charge in [0.15, 0.2) is 18.2 Å². The lowest BCUT2D eigenvalue weighted by Gasteiger charge is -2.31. The van der Waals surface area contributed by atoms with E-state index in [0.717, 1.165) is 0 Å². The van der Waals surface area contributed by atoms with Gasteiger partial charge in [-0.15, -0.1) is 0 Å². The normalized spacial score (nSPS) is 11.8. The first kappa shape index (κ1) is 22.7. The van der Waals surface area contributed by atoms with Crippen LogP contribution in [0.2, 0.25) is 5.02 Å². The highest BCUT2D eigenvalue weighted by molar-refractivity contribution is 6.31. The summed E-state index contributed by atoms with van der Waals surface area (Å²) < 4.78 is 19.2. The quantitative estimate of drug-likeness (QED) is 0.661. The largest absolute Gasteiger partial charge is 0.481 e. The number of nitrogens with one attached hydrogen (secondary N) is 1. The van der Waals surface area contributed by atoms with Crippen LogP contribution in [0, 0.1) is 5.82 Å². The van der Waals surface area contributed by atoms with Crippen molar-refractivity contribution in [2.24, 2.45) is 0 Å². The van der Waals surface area contributed by atoms with E-state index in [1.807, 2.05) is 26.8 Å². The van der Waals surface area contributed by atoms with Crippen LogP contribution in [-0.4, -0.2) is 35.4 Å². The van der Waals surface area contributed by atoms with Gasteiger partial charge in [-0.25, -0.2) is 4.39 Å². The summed E-state index contributed by atoms with van der Waals surface area (Å²) in [6.45, 7) is 5.29. The maximum Gasteiger partial charge on any atom is 0.261 e. The van der Waals surface area contributed by atoms with Crippen LogP contribution in [-0.2, 0) is 16.1 Å². The number of nitrogens with zero attached hydrogens (tertiary/aromatic N) is 1. The molecule has 2 aromatic rings. The molecule has 156 valence electrons. The van der Waals surface area contributed by atoms with Crippen molar-refractivity contribution in [1.29, 1.82) is 0 Å². The van der Waals surface area contributed by atoms with Crippen LogP contribution in [0.25, 0.3) is 0 Å². The summed E-state index contributed by atoms with van der Waals surface area (Å²) in [7, 11) is 0. The zero-order valence-corrected chi connectivity index (χ0v) is 17.6. The van der Waals surface area contributed by atoms with Gasteiger partial charge in [-0.3, -0.25) is 9.59 Å². The number of ether oxygens (including phenoxy) is 1. The number of amides is 2. The molecule has 0 spiro atoms. The summed E-state index contributed by atoms with van der Waals surface area (Å²) in [5.74, 6) is -1.26. The predicted octanol–water partition coefficient (Wildman–Crippen LogP) is 4.19. The third-order valence-corrected chi connectivity index (χ3v) is 4.67. The summed E-state index contributed by atoms with van der Waals surface area (Å²) in [6.07, 6.45) is 0.411. The molecule has 1 unspecified atom stereocenters. The maximum atomic E-state index is 13.8. The van der Waals surface area contributed by atoms with E-state index in [1.54, 1.807) is 24.3 Å². The Bertz CT molecular complexity index is 844. The Hall–Kier alpha value is -2.60. The molecule has 0 aliphatic heterocycles. The molecule has 2 aromatic carbocycles. The molecule has 0 radical (unpaired) electrons. The molecule has 5 nitrogen and oxygen atoms in total. The highest BCUT2D eigenvalue weighted by Gasteiger charge is 2.29. The van der Waals surface area contributed by atoms with Crippen LogP contribution in [0.1, 0.15) is 32.8 Å². The number of carbonyl (C=O) groups excluding carboxylic acids is 2. The maximum absolute atomic E-state index is 13.8. The molecule has 7 heteroatoms. The minimum Gasteiger partial charge on any atom is -0.481 e. The van der Waals surface area contributed by atoms with Gasteiger partial charge in [-0.1, -0.05) is 48.9 Å². The molecule has 0 aliphatic rings. The first-order valence-electron chi connectivity index (χ1n) is 9.54. The average molecular weight is 421 g/mol. The number of halogens is 2. The Labute approximate surface area is 175 Å². The minimum atomic E-state index is -0.703. The van der Waals surface area contributed by atoms with E-state index < -0.39 is 24.4 Å². The highest BCUT2D eigenvalue weighted by Crippen LogP contribution is 2.21. The summed E-state index contributed by atoms with van der Waals surface area (Å²) in [5, 5.41) is 3.35. The van der Waals surface area contributed by atoms with E-state index >= 15 is 0 Å². The number of benzene rings is 2. The van der Waals surface area contributed by atoms with Gasteiger partial charge in [0.25, 0.3) is 5.91 Å². The van der Waals surface area contributed by atoms with E-state index in [2.05, 4.69) is 5.32 Å². The molecule has 0 saturated heterocycles. The summed E-state index contributed by atoms with van der Waals surface area (Å²) in [5.41, 5.74) is 0.712. The summed E-state index contributed by atoms with van der Waals surface area (Å²) in [6, 6.07) is 12.2. The van der Waals surface area contributed by atoms with Crippen molar-refractivity contribution in [2.45, 2.75) is 45.8 Å². The smallest absolute Gasteiger partial charge is 0.261 e. The van der Waals surface area contributed by atoms with Gasteiger partial charge in [0, 0.05) is 17.6 Å². The van der Waals surface area contributed by atoms with Gasteiger partial charge in [0.1, 0.15) is 6.04 Å². The molecule has 2 rings (SSSR count). The van der Waals surface area contributed by atoms with Crippen molar-refractivity contribution in [3.8, 4) is 5.75 Å². The van der Waals surface area contributed by atoms with Crippen molar-refractivity contribution in [3.05, 3.63) is 64.9 Å². The molecule has 1 atom stereocenters. The van der Waals surface area contributed by atoms with Gasteiger partial charge in [0.2, 0.25) is 5.91 Å². The average Bonchev–Trinajstić information content (AvgIpc) is 2.68.